The Kier molecular flexibility index (Phi) is 5.65. The molecule has 2 aromatic rings. The number of hydrogen-bond acceptors (Lipinski definition) is 6. The lowest BCUT2D eigenvalue weighted by Crippen LogP contribution is -2.18. The van der Waals surface area contributed by atoms with Crippen LogP contribution in [0.3, 0.4) is 0 Å². The van der Waals surface area contributed by atoms with Crippen molar-refractivity contribution >= 4 is 38.3 Å². The van der Waals surface area contributed by atoms with Crippen molar-refractivity contribution < 1.29 is 19.4 Å². The molecule has 0 aliphatic heterocycles. The summed E-state index contributed by atoms with van der Waals surface area (Å²) in [6, 6.07) is 4.52. The molecule has 0 aliphatic carbocycles. The zero-order valence-corrected chi connectivity index (χ0v) is 16.8. The first-order valence-electron chi connectivity index (χ1n) is 7.60. The summed E-state index contributed by atoms with van der Waals surface area (Å²) in [6.45, 7) is 7.54. The minimum atomic E-state index is -1.32. The first-order chi connectivity index (χ1) is 11.6. The molecule has 2 rings (SSSR count). The largest absolute Gasteiger partial charge is 0.507 e. The van der Waals surface area contributed by atoms with Crippen molar-refractivity contribution in [3.8, 4) is 5.75 Å². The second-order valence-corrected chi connectivity index (χ2v) is 8.78. The van der Waals surface area contributed by atoms with E-state index in [1.165, 1.54) is 12.1 Å². The van der Waals surface area contributed by atoms with Crippen LogP contribution in [-0.2, 0) is 10.2 Å². The van der Waals surface area contributed by atoms with Crippen molar-refractivity contribution in [2.75, 3.05) is 11.7 Å². The molecule has 25 heavy (non-hydrogen) atoms. The SMILES string of the molecule is CCOC(=O)c1c(C(C)(C)C)nc(C(=O)c2cc(Br)ccc2O)[s+]1N. The molecular formula is C17H20BrN2O4S+. The van der Waals surface area contributed by atoms with Crippen LogP contribution in [0.1, 0.15) is 58.4 Å². The van der Waals surface area contributed by atoms with Gasteiger partial charge in [-0.1, -0.05) is 36.7 Å². The molecule has 3 N–H and O–H groups in total. The molecule has 0 bridgehead atoms. The quantitative estimate of drug-likeness (QED) is 0.437. The molecule has 0 aliphatic rings. The van der Waals surface area contributed by atoms with Gasteiger partial charge >= 0.3 is 15.9 Å². The molecule has 1 aromatic carbocycles. The third-order valence-electron chi connectivity index (χ3n) is 3.43. The van der Waals surface area contributed by atoms with Crippen LogP contribution in [0.2, 0.25) is 0 Å². The van der Waals surface area contributed by atoms with Crippen LogP contribution >= 0.6 is 26.6 Å². The van der Waals surface area contributed by atoms with Gasteiger partial charge in [0.05, 0.1) is 12.2 Å². The summed E-state index contributed by atoms with van der Waals surface area (Å²) in [5.41, 5.74) is 0.0256. The Bertz CT molecular complexity index is 840. The second kappa shape index (κ2) is 7.23. The highest BCUT2D eigenvalue weighted by atomic mass is 79.9. The van der Waals surface area contributed by atoms with Gasteiger partial charge in [-0.25, -0.2) is 4.79 Å². The van der Waals surface area contributed by atoms with Crippen molar-refractivity contribution in [1.29, 1.82) is 0 Å². The number of aromatic hydroxyl groups is 1. The number of thiazole rings is 1. The van der Waals surface area contributed by atoms with Gasteiger partial charge in [-0.2, -0.15) is 4.98 Å². The summed E-state index contributed by atoms with van der Waals surface area (Å²) in [5, 5.41) is 16.2. The molecule has 0 amide bonds. The summed E-state index contributed by atoms with van der Waals surface area (Å²) in [6.07, 6.45) is 0. The van der Waals surface area contributed by atoms with E-state index in [1.54, 1.807) is 13.0 Å². The van der Waals surface area contributed by atoms with Crippen LogP contribution in [0.15, 0.2) is 22.7 Å². The number of carbonyl (C=O) groups excluding carboxylic acids is 2. The van der Waals surface area contributed by atoms with Gasteiger partial charge in [-0.05, 0) is 25.1 Å². The Morgan fingerprint density at radius 1 is 1.36 bits per heavy atom. The summed E-state index contributed by atoms with van der Waals surface area (Å²) in [4.78, 5) is 29.8. The van der Waals surface area contributed by atoms with E-state index >= 15 is 0 Å². The second-order valence-electron chi connectivity index (χ2n) is 6.39. The number of benzene rings is 1. The van der Waals surface area contributed by atoms with Crippen LogP contribution in [-0.4, -0.2) is 28.4 Å². The average Bonchev–Trinajstić information content (AvgIpc) is 2.87. The number of nitrogens with two attached hydrogens (primary N) is 1. The van der Waals surface area contributed by atoms with E-state index in [4.69, 9.17) is 9.88 Å². The number of aromatic nitrogens is 1. The molecular weight excluding hydrogens is 408 g/mol. The maximum absolute atomic E-state index is 12.9. The number of hydrogen-bond donors (Lipinski definition) is 2. The molecule has 134 valence electrons. The van der Waals surface area contributed by atoms with Crippen molar-refractivity contribution in [2.24, 2.45) is 0 Å². The minimum absolute atomic E-state index is 0.0429. The van der Waals surface area contributed by atoms with Crippen LogP contribution in [0, 0.1) is 0 Å². The monoisotopic (exact) mass is 427 g/mol. The number of carbonyl (C=O) groups is 2. The predicted octanol–water partition coefficient (Wildman–Crippen LogP) is 3.72. The Labute approximate surface area is 157 Å². The molecule has 1 aromatic heterocycles. The van der Waals surface area contributed by atoms with Crippen molar-refractivity contribution in [3.63, 3.8) is 0 Å². The van der Waals surface area contributed by atoms with E-state index in [9.17, 15) is 14.7 Å². The predicted molar refractivity (Wildman–Crippen MR) is 101 cm³/mol. The number of phenolic OH excluding ortho intramolecular Hbond substituents is 1. The number of nitrogen functional groups attached to an aromatic ring is 1. The van der Waals surface area contributed by atoms with Gasteiger partial charge in [0.25, 0.3) is 5.78 Å². The van der Waals surface area contributed by atoms with Crippen LogP contribution in [0.5, 0.6) is 5.75 Å². The van der Waals surface area contributed by atoms with Crippen molar-refractivity contribution in [2.45, 2.75) is 33.1 Å². The molecule has 0 radical (unpaired) electrons. The first-order valence-corrected chi connectivity index (χ1v) is 9.68. The lowest BCUT2D eigenvalue weighted by molar-refractivity contribution is 0.0528. The van der Waals surface area contributed by atoms with Crippen LogP contribution in [0.25, 0.3) is 0 Å². The van der Waals surface area contributed by atoms with Gasteiger partial charge in [-0.15, -0.1) is 5.14 Å². The van der Waals surface area contributed by atoms with Crippen LogP contribution in [0.4, 0.5) is 0 Å². The zero-order valence-electron chi connectivity index (χ0n) is 14.4. The fourth-order valence-electron chi connectivity index (χ4n) is 2.25. The molecule has 0 saturated heterocycles. The molecule has 8 heteroatoms. The smallest absolute Gasteiger partial charge is 0.395 e. The lowest BCUT2D eigenvalue weighted by Gasteiger charge is -2.14. The number of ketones is 1. The fraction of sp³-hybridized carbons (Fsp3) is 0.353. The van der Waals surface area contributed by atoms with E-state index < -0.39 is 27.8 Å². The molecule has 0 saturated carbocycles. The maximum Gasteiger partial charge on any atom is 0.395 e. The van der Waals surface area contributed by atoms with E-state index in [2.05, 4.69) is 20.9 Å². The topological polar surface area (TPSA) is 103 Å². The van der Waals surface area contributed by atoms with Gasteiger partial charge in [0.2, 0.25) is 0 Å². The summed E-state index contributed by atoms with van der Waals surface area (Å²) >= 11 is 3.27. The standard InChI is InChI=1S/C17H19BrN2O4S/c1-5-24-16(23)13-14(17(2,3)4)20-15(25(13)19)12(22)10-8-9(18)6-7-11(10)21/h6-8H,5,19H2,1-4H3/p+1. The van der Waals surface area contributed by atoms with Gasteiger partial charge in [0.15, 0.2) is 0 Å². The number of nitrogens with zero attached hydrogens (tertiary/aromatic N) is 1. The first kappa shape index (κ1) is 19.6. The number of rotatable bonds is 4. The van der Waals surface area contributed by atoms with Gasteiger partial charge in [0.1, 0.15) is 22.1 Å². The average molecular weight is 428 g/mol. The minimum Gasteiger partial charge on any atom is -0.507 e. The normalized spacial score (nSPS) is 12.2. The van der Waals surface area contributed by atoms with E-state index in [0.717, 1.165) is 0 Å². The molecule has 0 spiro atoms. The maximum atomic E-state index is 12.9. The molecule has 1 heterocycles. The molecule has 1 atom stereocenters. The molecule has 0 fully saturated rings. The Hall–Kier alpha value is -1.77. The third kappa shape index (κ3) is 3.91. The van der Waals surface area contributed by atoms with Gasteiger partial charge in [0, 0.05) is 9.89 Å². The van der Waals surface area contributed by atoms with E-state index in [1.807, 2.05) is 20.8 Å². The number of ether oxygens (including phenoxy) is 1. The van der Waals surface area contributed by atoms with Crippen molar-refractivity contribution in [1.82, 2.24) is 4.98 Å². The summed E-state index contributed by atoms with van der Waals surface area (Å²) < 4.78 is 5.72. The number of esters is 1. The van der Waals surface area contributed by atoms with E-state index in [0.29, 0.717) is 10.2 Å². The lowest BCUT2D eigenvalue weighted by atomic mass is 9.91. The Morgan fingerprint density at radius 2 is 2.00 bits per heavy atom. The van der Waals surface area contributed by atoms with Crippen molar-refractivity contribution in [3.05, 3.63) is 43.8 Å². The third-order valence-corrected chi connectivity index (χ3v) is 5.41. The number of phenols is 1. The Balaban J connectivity index is 2.65. The summed E-state index contributed by atoms with van der Waals surface area (Å²) in [5.74, 6) is -1.25. The number of halogens is 1. The highest BCUT2D eigenvalue weighted by Gasteiger charge is 2.41. The van der Waals surface area contributed by atoms with Gasteiger partial charge in [-0.3, -0.25) is 4.79 Å². The molecule has 6 nitrogen and oxygen atoms in total. The highest BCUT2D eigenvalue weighted by Crippen LogP contribution is 2.36. The van der Waals surface area contributed by atoms with E-state index in [-0.39, 0.29) is 27.8 Å². The summed E-state index contributed by atoms with van der Waals surface area (Å²) in [7, 11) is -1.32. The molecule has 1 unspecified atom stereocenters. The Morgan fingerprint density at radius 3 is 2.56 bits per heavy atom. The fourth-order valence-corrected chi connectivity index (χ4v) is 4.10. The van der Waals surface area contributed by atoms with Gasteiger partial charge < -0.3 is 9.84 Å². The zero-order chi connectivity index (χ0) is 18.9. The highest BCUT2D eigenvalue weighted by molar-refractivity contribution is 9.10. The van der Waals surface area contributed by atoms with Crippen LogP contribution < -0.4 is 5.14 Å².